The zero-order valence-electron chi connectivity index (χ0n) is 34.9. The maximum Gasteiger partial charge on any atom is 0.302 e. The molecule has 3 saturated heterocycles. The highest BCUT2D eigenvalue weighted by molar-refractivity contribution is 5.65. The van der Waals surface area contributed by atoms with Gasteiger partial charge in [0.1, 0.15) is 55.4 Å². The molecule has 0 spiro atoms. The van der Waals surface area contributed by atoms with Crippen molar-refractivity contribution in [2.45, 2.75) is 101 Å². The van der Waals surface area contributed by atoms with Crippen molar-refractivity contribution >= 4 is 5.97 Å². The molecule has 3 aliphatic rings. The molecule has 0 N–H and O–H groups in total. The van der Waals surface area contributed by atoms with Crippen LogP contribution in [0.4, 0.5) is 0 Å². The van der Waals surface area contributed by atoms with Crippen molar-refractivity contribution in [1.29, 1.82) is 0 Å². The van der Waals surface area contributed by atoms with Crippen LogP contribution in [0.3, 0.4) is 0 Å². The van der Waals surface area contributed by atoms with Crippen LogP contribution < -0.4 is 0 Å². The number of rotatable bonds is 18. The number of hydrogen-bond acceptors (Lipinski definition) is 12. The van der Waals surface area contributed by atoms with Gasteiger partial charge < -0.3 is 52.1 Å². The molecule has 1 unspecified atom stereocenters. The SMILES string of the molecule is CO[C@H]1O[C@@H]2COC(c3ccccc3)O[C@H]2[C@H](O[C@H]2O[C@H](COC(C)=O)[C@@H](OCc3ccccc3)[C@H](OCc3ccccc3)[C@H]2OCc2ccccc2)[C@H]1OCc1ccccc1. The largest absolute Gasteiger partial charge is 0.463 e. The van der Waals surface area contributed by atoms with Gasteiger partial charge in [-0.15, -0.1) is 0 Å². The highest BCUT2D eigenvalue weighted by Crippen LogP contribution is 2.40. The molecular weight excluding hydrogens is 793 g/mol. The minimum atomic E-state index is -1.14. The van der Waals surface area contributed by atoms with Gasteiger partial charge in [-0.3, -0.25) is 4.79 Å². The summed E-state index contributed by atoms with van der Waals surface area (Å²) in [5, 5.41) is 0. The van der Waals surface area contributed by atoms with Gasteiger partial charge in [0.2, 0.25) is 0 Å². The van der Waals surface area contributed by atoms with Crippen molar-refractivity contribution < 1.29 is 56.9 Å². The van der Waals surface area contributed by atoms with E-state index in [1.165, 1.54) is 6.92 Å². The summed E-state index contributed by atoms with van der Waals surface area (Å²) in [7, 11) is 1.57. The molecule has 0 aromatic heterocycles. The van der Waals surface area contributed by atoms with Crippen molar-refractivity contribution in [1.82, 2.24) is 0 Å². The smallest absolute Gasteiger partial charge is 0.302 e. The van der Waals surface area contributed by atoms with E-state index < -0.39 is 73.7 Å². The minimum absolute atomic E-state index is 0.139. The number of hydrogen-bond donors (Lipinski definition) is 0. The Balaban J connectivity index is 1.18. The Morgan fingerprint density at radius 3 is 1.47 bits per heavy atom. The second-order valence-electron chi connectivity index (χ2n) is 15.4. The maximum absolute atomic E-state index is 12.4. The van der Waals surface area contributed by atoms with E-state index >= 15 is 0 Å². The zero-order valence-corrected chi connectivity index (χ0v) is 34.9. The van der Waals surface area contributed by atoms with E-state index in [4.69, 9.17) is 52.1 Å². The normalized spacial score (nSPS) is 28.5. The molecule has 62 heavy (non-hydrogen) atoms. The van der Waals surface area contributed by atoms with Gasteiger partial charge in [-0.25, -0.2) is 0 Å². The fourth-order valence-corrected chi connectivity index (χ4v) is 7.96. The molecule has 3 heterocycles. The summed E-state index contributed by atoms with van der Waals surface area (Å²) in [4.78, 5) is 12.4. The Kier molecular flexibility index (Phi) is 15.5. The summed E-state index contributed by atoms with van der Waals surface area (Å²) in [6.45, 7) is 2.31. The Hall–Kier alpha value is -4.83. The van der Waals surface area contributed by atoms with E-state index in [0.29, 0.717) is 0 Å². The first-order valence-electron chi connectivity index (χ1n) is 21.1. The Morgan fingerprint density at radius 2 is 0.984 bits per heavy atom. The van der Waals surface area contributed by atoms with Gasteiger partial charge in [0, 0.05) is 19.6 Å². The van der Waals surface area contributed by atoms with Gasteiger partial charge in [0.05, 0.1) is 33.0 Å². The molecule has 12 heteroatoms. The minimum Gasteiger partial charge on any atom is -0.463 e. The van der Waals surface area contributed by atoms with E-state index in [0.717, 1.165) is 27.8 Å². The van der Waals surface area contributed by atoms with Gasteiger partial charge in [-0.2, -0.15) is 0 Å². The van der Waals surface area contributed by atoms with Crippen LogP contribution in [-0.4, -0.2) is 87.7 Å². The van der Waals surface area contributed by atoms with Crippen molar-refractivity contribution in [3.63, 3.8) is 0 Å². The third-order valence-electron chi connectivity index (χ3n) is 11.1. The highest BCUT2D eigenvalue weighted by atomic mass is 16.8. The van der Waals surface area contributed by atoms with Gasteiger partial charge >= 0.3 is 5.97 Å². The average Bonchev–Trinajstić information content (AvgIpc) is 3.32. The fourth-order valence-electron chi connectivity index (χ4n) is 7.96. The van der Waals surface area contributed by atoms with Crippen LogP contribution in [0.5, 0.6) is 0 Å². The molecule has 0 saturated carbocycles. The Morgan fingerprint density at radius 1 is 0.532 bits per heavy atom. The number of ether oxygens (including phenoxy) is 11. The summed E-state index contributed by atoms with van der Waals surface area (Å²) in [5.41, 5.74) is 4.62. The van der Waals surface area contributed by atoms with Crippen molar-refractivity contribution in [2.24, 2.45) is 0 Å². The summed E-state index contributed by atoms with van der Waals surface area (Å²) in [6.07, 6.45) is -9.05. The molecule has 3 aliphatic heterocycles. The lowest BCUT2D eigenvalue weighted by atomic mass is 9.95. The first-order valence-corrected chi connectivity index (χ1v) is 21.1. The van der Waals surface area contributed by atoms with E-state index in [9.17, 15) is 4.79 Å². The predicted octanol–water partition coefficient (Wildman–Crippen LogP) is 7.49. The molecule has 5 aromatic rings. The molecule has 0 aliphatic carbocycles. The van der Waals surface area contributed by atoms with Crippen LogP contribution in [0.1, 0.15) is 41.0 Å². The standard InChI is InChI=1S/C50H54O12/c1-34(51)53-32-40-42(54-28-35-18-8-3-9-19-35)44(55-29-36-20-10-4-11-21-36)46(56-30-37-22-12-5-13-23-37)50(60-40)62-45-43-41(33-58-48(61-43)39-26-16-7-17-27-39)59-49(52-2)47(45)57-31-38-24-14-6-15-25-38/h3-27,40-50H,28-33H2,1-2H3/t40-,41-,42-,43-,44+,45+,46-,47-,48?,49+,50-/m1/s1. The first-order chi connectivity index (χ1) is 30.5. The van der Waals surface area contributed by atoms with Gasteiger partial charge in [-0.1, -0.05) is 152 Å². The molecule has 12 nitrogen and oxygen atoms in total. The Bertz CT molecular complexity index is 2060. The molecule has 0 radical (unpaired) electrons. The number of carbonyl (C=O) groups is 1. The molecule has 8 rings (SSSR count). The summed E-state index contributed by atoms with van der Waals surface area (Å²) >= 11 is 0. The van der Waals surface area contributed by atoms with Gasteiger partial charge in [0.15, 0.2) is 18.9 Å². The molecule has 326 valence electrons. The number of esters is 1. The molecule has 5 aromatic carbocycles. The second-order valence-corrected chi connectivity index (χ2v) is 15.4. The number of methoxy groups -OCH3 is 1. The Labute approximate surface area is 362 Å². The maximum atomic E-state index is 12.4. The number of carbonyl (C=O) groups excluding carboxylic acids is 1. The lowest BCUT2D eigenvalue weighted by Gasteiger charge is -2.51. The third-order valence-corrected chi connectivity index (χ3v) is 11.1. The van der Waals surface area contributed by atoms with E-state index in [-0.39, 0.29) is 39.6 Å². The lowest BCUT2D eigenvalue weighted by molar-refractivity contribution is -0.399. The number of benzene rings is 5. The first kappa shape index (κ1) is 43.8. The third kappa shape index (κ3) is 11.4. The lowest BCUT2D eigenvalue weighted by Crippen LogP contribution is -2.67. The van der Waals surface area contributed by atoms with E-state index in [1.807, 2.05) is 152 Å². The molecule has 0 bridgehead atoms. The highest BCUT2D eigenvalue weighted by Gasteiger charge is 2.56. The van der Waals surface area contributed by atoms with Crippen LogP contribution in [0, 0.1) is 0 Å². The molecular formula is C50H54O12. The van der Waals surface area contributed by atoms with Crippen LogP contribution in [0.15, 0.2) is 152 Å². The molecule has 0 amide bonds. The quantitative estimate of drug-likeness (QED) is 0.0814. The average molecular weight is 847 g/mol. The van der Waals surface area contributed by atoms with E-state index in [1.54, 1.807) is 7.11 Å². The van der Waals surface area contributed by atoms with Crippen LogP contribution in [-0.2, 0) is 83.3 Å². The monoisotopic (exact) mass is 846 g/mol. The van der Waals surface area contributed by atoms with Gasteiger partial charge in [0.25, 0.3) is 0 Å². The van der Waals surface area contributed by atoms with Crippen molar-refractivity contribution in [3.05, 3.63) is 179 Å². The topological polar surface area (TPSA) is 119 Å². The summed E-state index contributed by atoms with van der Waals surface area (Å²) < 4.78 is 72.6. The van der Waals surface area contributed by atoms with Crippen LogP contribution in [0.2, 0.25) is 0 Å². The van der Waals surface area contributed by atoms with Gasteiger partial charge in [-0.05, 0) is 22.3 Å². The predicted molar refractivity (Wildman–Crippen MR) is 226 cm³/mol. The second kappa shape index (κ2) is 22.0. The van der Waals surface area contributed by atoms with E-state index in [2.05, 4.69) is 0 Å². The molecule has 3 fully saturated rings. The molecule has 11 atom stereocenters. The summed E-state index contributed by atoms with van der Waals surface area (Å²) in [5.74, 6) is -0.468. The van der Waals surface area contributed by atoms with Crippen LogP contribution >= 0.6 is 0 Å². The summed E-state index contributed by atoms with van der Waals surface area (Å²) in [6, 6.07) is 49.1. The zero-order chi connectivity index (χ0) is 42.5. The van der Waals surface area contributed by atoms with Crippen molar-refractivity contribution in [2.75, 3.05) is 20.3 Å². The number of fused-ring (bicyclic) bond motifs is 1. The van der Waals surface area contributed by atoms with Crippen LogP contribution in [0.25, 0.3) is 0 Å². The fraction of sp³-hybridized carbons (Fsp3) is 0.380. The van der Waals surface area contributed by atoms with Crippen molar-refractivity contribution in [3.8, 4) is 0 Å².